The van der Waals surface area contributed by atoms with Crippen molar-refractivity contribution in [2.75, 3.05) is 4.90 Å². The van der Waals surface area contributed by atoms with Crippen molar-refractivity contribution in [1.82, 2.24) is 0 Å². The quantitative estimate of drug-likeness (QED) is 0.313. The lowest BCUT2D eigenvalue weighted by atomic mass is 9.99. The van der Waals surface area contributed by atoms with Gasteiger partial charge in [-0.1, -0.05) is 23.7 Å². The van der Waals surface area contributed by atoms with Gasteiger partial charge in [0.25, 0.3) is 11.7 Å². The number of carbonyl (C=O) groups excluding carboxylic acids is 2. The molecule has 2 aromatic carbocycles. The lowest BCUT2D eigenvalue weighted by molar-refractivity contribution is -0.132. The van der Waals surface area contributed by atoms with E-state index < -0.39 is 23.5 Å². The molecule has 1 unspecified atom stereocenters. The molecule has 0 bridgehead atoms. The molecule has 1 atom stereocenters. The zero-order valence-corrected chi connectivity index (χ0v) is 18.0. The van der Waals surface area contributed by atoms with Crippen LogP contribution in [-0.4, -0.2) is 22.9 Å². The highest BCUT2D eigenvalue weighted by molar-refractivity contribution is 6.51. The third kappa shape index (κ3) is 3.87. The molecule has 1 aromatic heterocycles. The highest BCUT2D eigenvalue weighted by Gasteiger charge is 2.48. The van der Waals surface area contributed by atoms with E-state index in [0.717, 1.165) is 11.0 Å². The van der Waals surface area contributed by atoms with Gasteiger partial charge in [0, 0.05) is 11.3 Å². The molecule has 8 heteroatoms. The smallest absolute Gasteiger partial charge is 0.300 e. The number of ether oxygens (including phenoxy) is 1. The largest absolute Gasteiger partial charge is 0.507 e. The fraction of sp³-hybridized carbons (Fsp3) is 0.167. The Morgan fingerprint density at radius 1 is 1.16 bits per heavy atom. The number of aliphatic hydroxyl groups is 1. The van der Waals surface area contributed by atoms with Gasteiger partial charge in [-0.3, -0.25) is 14.5 Å². The van der Waals surface area contributed by atoms with Crippen molar-refractivity contribution in [2.45, 2.75) is 26.0 Å². The summed E-state index contributed by atoms with van der Waals surface area (Å²) in [5.41, 5.74) is 0.331. The van der Waals surface area contributed by atoms with Crippen LogP contribution in [0.5, 0.6) is 5.75 Å². The first-order valence-corrected chi connectivity index (χ1v) is 10.2. The standard InChI is InChI=1S/C24H19ClFNO5/c1-13(2)32-16-6-3-5-14(11-16)22(28)20-21(19-7-4-10-31-19)27(24(30)23(20)29)15-8-9-18(26)17(25)12-15/h3-13,21,28H,1-2H3/b22-20-. The van der Waals surface area contributed by atoms with Crippen LogP contribution >= 0.6 is 11.6 Å². The van der Waals surface area contributed by atoms with Crippen LogP contribution in [0, 0.1) is 5.82 Å². The van der Waals surface area contributed by atoms with Gasteiger partial charge in [0.15, 0.2) is 0 Å². The number of anilines is 1. The second-order valence-electron chi connectivity index (χ2n) is 7.48. The number of amides is 1. The van der Waals surface area contributed by atoms with Crippen molar-refractivity contribution in [3.8, 4) is 5.75 Å². The Morgan fingerprint density at radius 2 is 1.94 bits per heavy atom. The lowest BCUT2D eigenvalue weighted by Crippen LogP contribution is -2.29. The Balaban J connectivity index is 1.88. The van der Waals surface area contributed by atoms with Gasteiger partial charge in [0.2, 0.25) is 0 Å². The maximum absolute atomic E-state index is 13.7. The Hall–Kier alpha value is -3.58. The fourth-order valence-corrected chi connectivity index (χ4v) is 3.77. The first-order chi connectivity index (χ1) is 15.3. The summed E-state index contributed by atoms with van der Waals surface area (Å²) in [6.45, 7) is 3.73. The zero-order chi connectivity index (χ0) is 23.0. The third-order valence-electron chi connectivity index (χ3n) is 4.92. The Morgan fingerprint density at radius 3 is 2.59 bits per heavy atom. The number of hydrogen-bond acceptors (Lipinski definition) is 5. The number of rotatable bonds is 5. The monoisotopic (exact) mass is 455 g/mol. The van der Waals surface area contributed by atoms with E-state index in [1.54, 1.807) is 36.4 Å². The van der Waals surface area contributed by atoms with Gasteiger partial charge in [-0.05, 0) is 56.3 Å². The maximum atomic E-state index is 13.7. The predicted molar refractivity (Wildman–Crippen MR) is 117 cm³/mol. The molecule has 0 radical (unpaired) electrons. The topological polar surface area (TPSA) is 80.0 Å². The van der Waals surface area contributed by atoms with Crippen LogP contribution in [0.25, 0.3) is 5.76 Å². The number of benzene rings is 2. The summed E-state index contributed by atoms with van der Waals surface area (Å²) in [5, 5.41) is 10.9. The maximum Gasteiger partial charge on any atom is 0.300 e. The summed E-state index contributed by atoms with van der Waals surface area (Å²) in [4.78, 5) is 27.2. The SMILES string of the molecule is CC(C)Oc1cccc(/C(O)=C2/C(=O)C(=O)N(c3ccc(F)c(Cl)c3)C2c2ccco2)c1. The molecule has 1 saturated heterocycles. The van der Waals surface area contributed by atoms with E-state index in [1.165, 1.54) is 18.4 Å². The number of aliphatic hydroxyl groups excluding tert-OH is 1. The average molecular weight is 456 g/mol. The minimum Gasteiger partial charge on any atom is -0.507 e. The van der Waals surface area contributed by atoms with Gasteiger partial charge in [0.05, 0.1) is 23.0 Å². The average Bonchev–Trinajstić information content (AvgIpc) is 3.37. The molecule has 2 heterocycles. The van der Waals surface area contributed by atoms with Crippen molar-refractivity contribution in [2.24, 2.45) is 0 Å². The minimum absolute atomic E-state index is 0.0932. The summed E-state index contributed by atoms with van der Waals surface area (Å²) in [6.07, 6.45) is 1.30. The van der Waals surface area contributed by atoms with Crippen LogP contribution < -0.4 is 9.64 Å². The van der Waals surface area contributed by atoms with Crippen molar-refractivity contribution in [3.63, 3.8) is 0 Å². The van der Waals surface area contributed by atoms with E-state index in [2.05, 4.69) is 0 Å². The van der Waals surface area contributed by atoms with Gasteiger partial charge < -0.3 is 14.3 Å². The summed E-state index contributed by atoms with van der Waals surface area (Å²) >= 11 is 5.91. The number of carbonyl (C=O) groups is 2. The van der Waals surface area contributed by atoms with Crippen molar-refractivity contribution < 1.29 is 28.2 Å². The molecule has 0 spiro atoms. The molecular formula is C24H19ClFNO5. The summed E-state index contributed by atoms with van der Waals surface area (Å²) in [7, 11) is 0. The van der Waals surface area contributed by atoms with Crippen LogP contribution in [0.4, 0.5) is 10.1 Å². The van der Waals surface area contributed by atoms with E-state index in [0.29, 0.717) is 11.3 Å². The molecule has 3 aromatic rings. The number of ketones is 1. The minimum atomic E-state index is -1.07. The Bertz CT molecular complexity index is 1220. The first kappa shape index (κ1) is 21.6. The van der Waals surface area contributed by atoms with Gasteiger partial charge in [-0.15, -0.1) is 0 Å². The first-order valence-electron chi connectivity index (χ1n) is 9.84. The Kier molecular flexibility index (Phi) is 5.76. The van der Waals surface area contributed by atoms with E-state index >= 15 is 0 Å². The highest BCUT2D eigenvalue weighted by atomic mass is 35.5. The molecule has 4 rings (SSSR count). The normalized spacial score (nSPS) is 17.9. The van der Waals surface area contributed by atoms with Crippen LogP contribution in [-0.2, 0) is 9.59 Å². The summed E-state index contributed by atoms with van der Waals surface area (Å²) < 4.78 is 24.9. The number of hydrogen-bond donors (Lipinski definition) is 1. The summed E-state index contributed by atoms with van der Waals surface area (Å²) in [6, 6.07) is 12.4. The van der Waals surface area contributed by atoms with Gasteiger partial charge in [0.1, 0.15) is 29.1 Å². The van der Waals surface area contributed by atoms with Crippen LogP contribution in [0.1, 0.15) is 31.2 Å². The fourth-order valence-electron chi connectivity index (χ4n) is 3.59. The van der Waals surface area contributed by atoms with Crippen LogP contribution in [0.15, 0.2) is 70.9 Å². The second kappa shape index (κ2) is 8.51. The van der Waals surface area contributed by atoms with Crippen molar-refractivity contribution >= 4 is 34.7 Å². The number of furan rings is 1. The lowest BCUT2D eigenvalue weighted by Gasteiger charge is -2.23. The van der Waals surface area contributed by atoms with E-state index in [1.807, 2.05) is 13.8 Å². The molecule has 1 fully saturated rings. The van der Waals surface area contributed by atoms with E-state index in [4.69, 9.17) is 20.8 Å². The number of halogens is 2. The predicted octanol–water partition coefficient (Wildman–Crippen LogP) is 5.49. The molecule has 0 aliphatic carbocycles. The highest BCUT2D eigenvalue weighted by Crippen LogP contribution is 2.43. The second-order valence-corrected chi connectivity index (χ2v) is 7.88. The van der Waals surface area contributed by atoms with Gasteiger partial charge in [-0.2, -0.15) is 0 Å². The van der Waals surface area contributed by atoms with E-state index in [-0.39, 0.29) is 33.9 Å². The molecule has 1 N–H and O–H groups in total. The molecular weight excluding hydrogens is 437 g/mol. The van der Waals surface area contributed by atoms with Crippen molar-refractivity contribution in [1.29, 1.82) is 0 Å². The van der Waals surface area contributed by atoms with Crippen LogP contribution in [0.3, 0.4) is 0 Å². The van der Waals surface area contributed by atoms with Crippen LogP contribution in [0.2, 0.25) is 5.02 Å². The molecule has 1 aliphatic rings. The van der Waals surface area contributed by atoms with Gasteiger partial charge >= 0.3 is 0 Å². The molecule has 1 aliphatic heterocycles. The zero-order valence-electron chi connectivity index (χ0n) is 17.2. The number of nitrogens with zero attached hydrogens (tertiary/aromatic N) is 1. The summed E-state index contributed by atoms with van der Waals surface area (Å²) in [5.74, 6) is -2.10. The molecule has 6 nitrogen and oxygen atoms in total. The number of Topliss-reactive ketones (excluding diaryl/α,β-unsaturated/α-hetero) is 1. The Labute approximate surface area is 188 Å². The van der Waals surface area contributed by atoms with Gasteiger partial charge in [-0.25, -0.2) is 4.39 Å². The van der Waals surface area contributed by atoms with Crippen molar-refractivity contribution in [3.05, 3.63) is 88.6 Å². The molecule has 0 saturated carbocycles. The molecule has 1 amide bonds. The molecule has 32 heavy (non-hydrogen) atoms. The van der Waals surface area contributed by atoms with E-state index in [9.17, 15) is 19.1 Å². The molecule has 164 valence electrons. The third-order valence-corrected chi connectivity index (χ3v) is 5.21.